The molecule has 142 valence electrons. The van der Waals surface area contributed by atoms with E-state index in [4.69, 9.17) is 4.74 Å². The number of morpholine rings is 1. The Labute approximate surface area is 155 Å². The van der Waals surface area contributed by atoms with E-state index in [1.54, 1.807) is 0 Å². The lowest BCUT2D eigenvalue weighted by atomic mass is 9.86. The summed E-state index contributed by atoms with van der Waals surface area (Å²) in [5.41, 5.74) is 1.05. The summed E-state index contributed by atoms with van der Waals surface area (Å²) in [5, 5.41) is 3.16. The van der Waals surface area contributed by atoms with Crippen molar-refractivity contribution >= 4 is 5.91 Å². The highest BCUT2D eigenvalue weighted by atomic mass is 19.1. The maximum absolute atomic E-state index is 13.3. The number of hydrogen-bond acceptors (Lipinski definition) is 3. The van der Waals surface area contributed by atoms with Crippen LogP contribution >= 0.6 is 0 Å². The Balaban J connectivity index is 1.36. The lowest BCUT2D eigenvalue weighted by molar-refractivity contribution is -0.122. The van der Waals surface area contributed by atoms with Gasteiger partial charge in [0.25, 0.3) is 0 Å². The van der Waals surface area contributed by atoms with Gasteiger partial charge in [-0.2, -0.15) is 0 Å². The molecule has 4 nitrogen and oxygen atoms in total. The Morgan fingerprint density at radius 3 is 2.62 bits per heavy atom. The first-order chi connectivity index (χ1) is 12.7. The van der Waals surface area contributed by atoms with Crippen molar-refractivity contribution in [2.45, 2.75) is 38.1 Å². The van der Waals surface area contributed by atoms with Crippen LogP contribution in [0.15, 0.2) is 24.3 Å². The highest BCUT2D eigenvalue weighted by Crippen LogP contribution is 2.49. The van der Waals surface area contributed by atoms with Gasteiger partial charge in [-0.3, -0.25) is 9.69 Å². The molecule has 26 heavy (non-hydrogen) atoms. The lowest BCUT2D eigenvalue weighted by Gasteiger charge is -2.35. The van der Waals surface area contributed by atoms with Crippen LogP contribution in [0.4, 0.5) is 4.39 Å². The molecule has 1 aromatic rings. The van der Waals surface area contributed by atoms with E-state index < -0.39 is 0 Å². The number of fused-ring (bicyclic) bond motifs is 2. The quantitative estimate of drug-likeness (QED) is 0.847. The first-order valence-electron chi connectivity index (χ1n) is 10.0. The zero-order valence-electron chi connectivity index (χ0n) is 15.3. The van der Waals surface area contributed by atoms with Crippen molar-refractivity contribution in [3.63, 3.8) is 0 Å². The molecular formula is C21H29FN2O2. The highest BCUT2D eigenvalue weighted by Gasteiger charge is 2.40. The number of nitrogens with one attached hydrogen (secondary N) is 1. The zero-order chi connectivity index (χ0) is 17.9. The van der Waals surface area contributed by atoms with Crippen molar-refractivity contribution < 1.29 is 13.9 Å². The minimum atomic E-state index is -0.227. The van der Waals surface area contributed by atoms with Gasteiger partial charge in [-0.25, -0.2) is 4.39 Å². The second-order valence-corrected chi connectivity index (χ2v) is 8.16. The Kier molecular flexibility index (Phi) is 5.55. The maximum Gasteiger partial charge on any atom is 0.220 e. The highest BCUT2D eigenvalue weighted by molar-refractivity contribution is 5.76. The Morgan fingerprint density at radius 1 is 1.19 bits per heavy atom. The molecule has 0 aromatic heterocycles. The van der Waals surface area contributed by atoms with E-state index >= 15 is 0 Å². The molecule has 1 aliphatic heterocycles. The van der Waals surface area contributed by atoms with Gasteiger partial charge in [0.2, 0.25) is 5.91 Å². The number of benzene rings is 1. The summed E-state index contributed by atoms with van der Waals surface area (Å²) in [6, 6.07) is 6.73. The van der Waals surface area contributed by atoms with Gasteiger partial charge in [0.15, 0.2) is 0 Å². The fraction of sp³-hybridized carbons (Fsp3) is 0.667. The molecule has 0 radical (unpaired) electrons. The summed E-state index contributed by atoms with van der Waals surface area (Å²) < 4.78 is 18.8. The standard InChI is InChI=1S/C21H29FN2O2/c22-19-5-3-16(4-6-19)20(24-7-9-26-10-8-24)14-23-21(25)13-18-12-15-1-2-17(18)11-15/h3-6,15,17-18,20H,1-2,7-14H2,(H,23,25). The zero-order valence-corrected chi connectivity index (χ0v) is 15.3. The van der Waals surface area contributed by atoms with E-state index in [9.17, 15) is 9.18 Å². The molecule has 1 saturated heterocycles. The normalized spacial score (nSPS) is 29.7. The van der Waals surface area contributed by atoms with E-state index in [0.29, 0.717) is 32.1 Å². The molecule has 2 aliphatic carbocycles. The summed E-state index contributed by atoms with van der Waals surface area (Å²) >= 11 is 0. The minimum Gasteiger partial charge on any atom is -0.379 e. The topological polar surface area (TPSA) is 41.6 Å². The number of ether oxygens (including phenoxy) is 1. The van der Waals surface area contributed by atoms with Crippen LogP contribution in [0.5, 0.6) is 0 Å². The van der Waals surface area contributed by atoms with Crippen molar-refractivity contribution in [2.24, 2.45) is 17.8 Å². The molecule has 5 heteroatoms. The van der Waals surface area contributed by atoms with Gasteiger partial charge in [0.05, 0.1) is 19.3 Å². The Bertz CT molecular complexity index is 615. The molecule has 3 fully saturated rings. The van der Waals surface area contributed by atoms with E-state index in [0.717, 1.165) is 30.5 Å². The fourth-order valence-electron chi connectivity index (χ4n) is 5.18. The number of carbonyl (C=O) groups is 1. The largest absolute Gasteiger partial charge is 0.379 e. The third kappa shape index (κ3) is 4.09. The monoisotopic (exact) mass is 360 g/mol. The maximum atomic E-state index is 13.3. The summed E-state index contributed by atoms with van der Waals surface area (Å²) in [6.07, 6.45) is 5.92. The van der Waals surface area contributed by atoms with Crippen LogP contribution in [0, 0.1) is 23.6 Å². The first-order valence-corrected chi connectivity index (χ1v) is 10.0. The average Bonchev–Trinajstić information content (AvgIpc) is 3.27. The summed E-state index contributed by atoms with van der Waals surface area (Å²) in [5.74, 6) is 2.18. The van der Waals surface area contributed by atoms with Gasteiger partial charge >= 0.3 is 0 Å². The lowest BCUT2D eigenvalue weighted by Crippen LogP contribution is -2.44. The summed E-state index contributed by atoms with van der Waals surface area (Å²) in [7, 11) is 0. The van der Waals surface area contributed by atoms with Gasteiger partial charge in [-0.15, -0.1) is 0 Å². The van der Waals surface area contributed by atoms with Crippen molar-refractivity contribution in [3.05, 3.63) is 35.6 Å². The number of rotatable bonds is 6. The van der Waals surface area contributed by atoms with Crippen LogP contribution in [0.1, 0.15) is 43.7 Å². The van der Waals surface area contributed by atoms with Crippen LogP contribution in [0.2, 0.25) is 0 Å². The van der Waals surface area contributed by atoms with E-state index in [2.05, 4.69) is 10.2 Å². The molecule has 4 atom stereocenters. The van der Waals surface area contributed by atoms with Crippen LogP contribution in [-0.4, -0.2) is 43.7 Å². The molecule has 1 heterocycles. The van der Waals surface area contributed by atoms with Gasteiger partial charge in [-0.1, -0.05) is 18.6 Å². The van der Waals surface area contributed by atoms with Gasteiger partial charge < -0.3 is 10.1 Å². The molecule has 1 amide bonds. The van der Waals surface area contributed by atoms with Crippen LogP contribution in [0.25, 0.3) is 0 Å². The average molecular weight is 360 g/mol. The van der Waals surface area contributed by atoms with Crippen molar-refractivity contribution in [2.75, 3.05) is 32.8 Å². The van der Waals surface area contributed by atoms with Crippen LogP contribution in [0.3, 0.4) is 0 Å². The van der Waals surface area contributed by atoms with Crippen LogP contribution < -0.4 is 5.32 Å². The number of nitrogens with zero attached hydrogens (tertiary/aromatic N) is 1. The van der Waals surface area contributed by atoms with Crippen molar-refractivity contribution in [1.29, 1.82) is 0 Å². The molecule has 2 saturated carbocycles. The number of hydrogen-bond donors (Lipinski definition) is 1. The molecule has 0 spiro atoms. The van der Waals surface area contributed by atoms with E-state index in [-0.39, 0.29) is 17.8 Å². The van der Waals surface area contributed by atoms with Crippen molar-refractivity contribution in [3.8, 4) is 0 Å². The second-order valence-electron chi connectivity index (χ2n) is 8.16. The van der Waals surface area contributed by atoms with Gasteiger partial charge in [0, 0.05) is 26.1 Å². The number of halogens is 1. The summed E-state index contributed by atoms with van der Waals surface area (Å²) in [4.78, 5) is 14.9. The molecular weight excluding hydrogens is 331 g/mol. The minimum absolute atomic E-state index is 0.0727. The van der Waals surface area contributed by atoms with E-state index in [1.165, 1.54) is 37.8 Å². The molecule has 3 aliphatic rings. The fourth-order valence-corrected chi connectivity index (χ4v) is 5.18. The van der Waals surface area contributed by atoms with Gasteiger partial charge in [0.1, 0.15) is 5.82 Å². The van der Waals surface area contributed by atoms with E-state index in [1.807, 2.05) is 12.1 Å². The molecule has 4 unspecified atom stereocenters. The van der Waals surface area contributed by atoms with Gasteiger partial charge in [-0.05, 0) is 54.7 Å². The smallest absolute Gasteiger partial charge is 0.220 e. The first kappa shape index (κ1) is 17.9. The third-order valence-electron chi connectivity index (χ3n) is 6.57. The predicted molar refractivity (Wildman–Crippen MR) is 98.1 cm³/mol. The molecule has 1 aromatic carbocycles. The number of amides is 1. The predicted octanol–water partition coefficient (Wildman–Crippen LogP) is 3.14. The SMILES string of the molecule is O=C(CC1CC2CCC1C2)NCC(c1ccc(F)cc1)N1CCOCC1. The molecule has 4 rings (SSSR count). The Morgan fingerprint density at radius 2 is 1.96 bits per heavy atom. The van der Waals surface area contributed by atoms with Crippen LogP contribution in [-0.2, 0) is 9.53 Å². The summed E-state index contributed by atoms with van der Waals surface area (Å²) in [6.45, 7) is 3.66. The van der Waals surface area contributed by atoms with Crippen molar-refractivity contribution in [1.82, 2.24) is 10.2 Å². The molecule has 2 bridgehead atoms. The second kappa shape index (κ2) is 8.05. The number of carbonyl (C=O) groups excluding carboxylic acids is 1. The third-order valence-corrected chi connectivity index (χ3v) is 6.57. The molecule has 1 N–H and O–H groups in total. The Hall–Kier alpha value is -1.46.